The third kappa shape index (κ3) is 3.96. The van der Waals surface area contributed by atoms with Crippen molar-refractivity contribution in [3.05, 3.63) is 76.6 Å². The maximum absolute atomic E-state index is 12.3. The van der Waals surface area contributed by atoms with Gasteiger partial charge in [0.05, 0.1) is 10.3 Å². The first-order valence-corrected chi connectivity index (χ1v) is 9.35. The van der Waals surface area contributed by atoms with E-state index in [1.165, 1.54) is 12.3 Å². The zero-order valence-electron chi connectivity index (χ0n) is 15.7. The summed E-state index contributed by atoms with van der Waals surface area (Å²) >= 11 is 0. The van der Waals surface area contributed by atoms with Gasteiger partial charge in [-0.25, -0.2) is 4.79 Å². The summed E-state index contributed by atoms with van der Waals surface area (Å²) in [5, 5.41) is 12.6. The Bertz CT molecular complexity index is 1030. The van der Waals surface area contributed by atoms with Crippen molar-refractivity contribution in [2.24, 2.45) is 0 Å². The van der Waals surface area contributed by atoms with Crippen LogP contribution in [0, 0.1) is 10.1 Å². The van der Waals surface area contributed by atoms with E-state index in [-0.39, 0.29) is 18.4 Å². The van der Waals surface area contributed by atoms with Crippen molar-refractivity contribution in [2.45, 2.75) is 6.61 Å². The Morgan fingerprint density at radius 3 is 2.52 bits per heavy atom. The molecule has 0 spiro atoms. The van der Waals surface area contributed by atoms with E-state index in [0.29, 0.717) is 31.6 Å². The number of piperazine rings is 1. The highest BCUT2D eigenvalue weighted by Gasteiger charge is 2.24. The Balaban J connectivity index is 1.43. The average Bonchev–Trinajstić information content (AvgIpc) is 2.77. The van der Waals surface area contributed by atoms with Gasteiger partial charge in [-0.2, -0.15) is 0 Å². The van der Waals surface area contributed by atoms with Crippen LogP contribution in [0.5, 0.6) is 0 Å². The minimum Gasteiger partial charge on any atom is -0.445 e. The third-order valence-corrected chi connectivity index (χ3v) is 5.05. The highest BCUT2D eigenvalue weighted by molar-refractivity contribution is 5.99. The number of amides is 1. The second kappa shape index (κ2) is 8.14. The molecule has 0 radical (unpaired) electrons. The Morgan fingerprint density at radius 2 is 1.79 bits per heavy atom. The number of fused-ring (bicyclic) bond motifs is 1. The lowest BCUT2D eigenvalue weighted by Gasteiger charge is -2.36. The molecule has 8 heteroatoms. The summed E-state index contributed by atoms with van der Waals surface area (Å²) in [6, 6.07) is 14.6. The lowest BCUT2D eigenvalue weighted by molar-refractivity contribution is -0.383. The number of hydrogen-bond acceptors (Lipinski definition) is 6. The highest BCUT2D eigenvalue weighted by atomic mass is 16.6. The summed E-state index contributed by atoms with van der Waals surface area (Å²) in [5.41, 5.74) is 1.90. The fourth-order valence-electron chi connectivity index (χ4n) is 3.53. The van der Waals surface area contributed by atoms with Crippen LogP contribution in [0.2, 0.25) is 0 Å². The minimum absolute atomic E-state index is 0.0416. The zero-order chi connectivity index (χ0) is 20.2. The van der Waals surface area contributed by atoms with Crippen LogP contribution in [-0.4, -0.2) is 47.1 Å². The number of nitrogens with zero attached hydrogens (tertiary/aromatic N) is 4. The smallest absolute Gasteiger partial charge is 0.410 e. The van der Waals surface area contributed by atoms with E-state index in [1.54, 1.807) is 23.2 Å². The molecule has 2 heterocycles. The Hall–Kier alpha value is -3.68. The molecule has 0 aliphatic carbocycles. The highest BCUT2D eigenvalue weighted by Crippen LogP contribution is 2.33. The molecular formula is C21H20N4O4. The number of benzene rings is 2. The number of carbonyl (C=O) groups excluding carboxylic acids is 1. The number of pyridine rings is 1. The summed E-state index contributed by atoms with van der Waals surface area (Å²) in [6.45, 7) is 2.54. The quantitative estimate of drug-likeness (QED) is 0.498. The summed E-state index contributed by atoms with van der Waals surface area (Å²) in [4.78, 5) is 31.1. The van der Waals surface area contributed by atoms with Crippen molar-refractivity contribution in [3.63, 3.8) is 0 Å². The molecule has 3 aromatic rings. The van der Waals surface area contributed by atoms with E-state index in [1.807, 2.05) is 30.3 Å². The van der Waals surface area contributed by atoms with Gasteiger partial charge >= 0.3 is 6.09 Å². The van der Waals surface area contributed by atoms with Crippen molar-refractivity contribution < 1.29 is 14.5 Å². The van der Waals surface area contributed by atoms with Crippen molar-refractivity contribution >= 4 is 28.2 Å². The number of non-ortho nitro benzene ring substituents is 1. The first-order valence-electron chi connectivity index (χ1n) is 9.35. The van der Waals surface area contributed by atoms with Gasteiger partial charge in [0, 0.05) is 55.7 Å². The van der Waals surface area contributed by atoms with Gasteiger partial charge < -0.3 is 14.5 Å². The third-order valence-electron chi connectivity index (χ3n) is 5.05. The Kier molecular flexibility index (Phi) is 5.24. The second-order valence-electron chi connectivity index (χ2n) is 6.80. The second-order valence-corrected chi connectivity index (χ2v) is 6.80. The maximum Gasteiger partial charge on any atom is 0.410 e. The van der Waals surface area contributed by atoms with E-state index < -0.39 is 4.92 Å². The first-order chi connectivity index (χ1) is 14.1. The molecule has 0 N–H and O–H groups in total. The molecule has 148 valence electrons. The normalized spacial score (nSPS) is 14.1. The van der Waals surface area contributed by atoms with E-state index >= 15 is 0 Å². The van der Waals surface area contributed by atoms with Crippen molar-refractivity contribution in [1.29, 1.82) is 0 Å². The average molecular weight is 392 g/mol. The van der Waals surface area contributed by atoms with Crippen LogP contribution in [0.1, 0.15) is 5.56 Å². The molecule has 1 aliphatic rings. The largest absolute Gasteiger partial charge is 0.445 e. The number of rotatable bonds is 4. The van der Waals surface area contributed by atoms with Crippen LogP contribution >= 0.6 is 0 Å². The van der Waals surface area contributed by atoms with Gasteiger partial charge in [-0.3, -0.25) is 15.1 Å². The summed E-state index contributed by atoms with van der Waals surface area (Å²) in [6.07, 6.45) is 2.83. The van der Waals surface area contributed by atoms with Gasteiger partial charge in [0.15, 0.2) is 0 Å². The van der Waals surface area contributed by atoms with Crippen LogP contribution in [0.25, 0.3) is 10.8 Å². The molecule has 0 unspecified atom stereocenters. The van der Waals surface area contributed by atoms with Crippen molar-refractivity contribution in [2.75, 3.05) is 31.1 Å². The number of hydrogen-bond donors (Lipinski definition) is 0. The van der Waals surface area contributed by atoms with Crippen molar-refractivity contribution in [3.8, 4) is 0 Å². The summed E-state index contributed by atoms with van der Waals surface area (Å²) in [5.74, 6) is 0. The van der Waals surface area contributed by atoms with Crippen LogP contribution in [0.4, 0.5) is 16.2 Å². The van der Waals surface area contributed by atoms with Gasteiger partial charge in [0.2, 0.25) is 0 Å². The van der Waals surface area contributed by atoms with Gasteiger partial charge in [-0.15, -0.1) is 0 Å². The van der Waals surface area contributed by atoms with E-state index in [0.717, 1.165) is 16.6 Å². The predicted octanol–water partition coefficient (Wildman–Crippen LogP) is 3.60. The van der Waals surface area contributed by atoms with Crippen LogP contribution in [0.15, 0.2) is 60.9 Å². The predicted molar refractivity (Wildman–Crippen MR) is 109 cm³/mol. The topological polar surface area (TPSA) is 88.8 Å². The Labute approximate surface area is 167 Å². The zero-order valence-corrected chi connectivity index (χ0v) is 15.7. The molecule has 1 amide bonds. The van der Waals surface area contributed by atoms with Gasteiger partial charge in [0.1, 0.15) is 6.61 Å². The molecule has 1 aromatic heterocycles. The number of ether oxygens (including phenoxy) is 1. The molecule has 0 atom stereocenters. The molecular weight excluding hydrogens is 372 g/mol. The molecule has 1 aliphatic heterocycles. The van der Waals surface area contributed by atoms with Gasteiger partial charge in [-0.05, 0) is 17.7 Å². The van der Waals surface area contributed by atoms with E-state index in [4.69, 9.17) is 4.74 Å². The van der Waals surface area contributed by atoms with E-state index in [9.17, 15) is 14.9 Å². The number of carbonyl (C=O) groups is 1. The fourth-order valence-corrected chi connectivity index (χ4v) is 3.53. The van der Waals surface area contributed by atoms with Crippen LogP contribution in [0.3, 0.4) is 0 Å². The molecule has 1 saturated heterocycles. The molecule has 0 bridgehead atoms. The van der Waals surface area contributed by atoms with Crippen LogP contribution in [-0.2, 0) is 11.3 Å². The first kappa shape index (κ1) is 18.7. The Morgan fingerprint density at radius 1 is 1.03 bits per heavy atom. The molecule has 8 nitrogen and oxygen atoms in total. The maximum atomic E-state index is 12.3. The van der Waals surface area contributed by atoms with Gasteiger partial charge in [0.25, 0.3) is 5.69 Å². The van der Waals surface area contributed by atoms with Crippen LogP contribution < -0.4 is 4.90 Å². The lowest BCUT2D eigenvalue weighted by atomic mass is 10.1. The standard InChI is InChI=1S/C21H20N4O4/c26-21(29-15-16-4-2-1-3-5-16)24-12-10-23(11-13-24)19-6-7-20(25(27)28)18-14-22-9-8-17(18)19/h1-9,14H,10-13,15H2. The molecule has 2 aromatic carbocycles. The number of anilines is 1. The number of nitro benzene ring substituents is 1. The lowest BCUT2D eigenvalue weighted by Crippen LogP contribution is -2.49. The summed E-state index contributed by atoms with van der Waals surface area (Å²) in [7, 11) is 0. The minimum atomic E-state index is -0.394. The summed E-state index contributed by atoms with van der Waals surface area (Å²) < 4.78 is 5.41. The number of nitro groups is 1. The fraction of sp³-hybridized carbons (Fsp3) is 0.238. The number of aromatic nitrogens is 1. The van der Waals surface area contributed by atoms with Gasteiger partial charge in [-0.1, -0.05) is 30.3 Å². The van der Waals surface area contributed by atoms with Crippen molar-refractivity contribution in [1.82, 2.24) is 9.88 Å². The SMILES string of the molecule is O=C(OCc1ccccc1)N1CCN(c2ccc([N+](=O)[O-])c3cnccc23)CC1. The molecule has 0 saturated carbocycles. The monoisotopic (exact) mass is 392 g/mol. The van der Waals surface area contributed by atoms with E-state index in [2.05, 4.69) is 9.88 Å². The molecule has 1 fully saturated rings. The molecule has 29 heavy (non-hydrogen) atoms. The molecule has 4 rings (SSSR count).